The number of hydrogen-bond acceptors (Lipinski definition) is 3. The summed E-state index contributed by atoms with van der Waals surface area (Å²) in [5, 5.41) is 3.47. The van der Waals surface area contributed by atoms with Crippen molar-refractivity contribution in [3.05, 3.63) is 94.7 Å². The molecule has 0 bridgehead atoms. The van der Waals surface area contributed by atoms with E-state index in [0.29, 0.717) is 10.6 Å². The summed E-state index contributed by atoms with van der Waals surface area (Å²) < 4.78 is 20.3. The number of benzene rings is 2. The normalized spacial score (nSPS) is 14.8. The Morgan fingerprint density at radius 2 is 1.78 bits per heavy atom. The number of furan rings is 1. The third-order valence-corrected chi connectivity index (χ3v) is 6.12. The standard InChI is InChI=1S/C25H24ClFN2O3/c26-20-12-5-1-8-17(20)16-29(25(31)22-14-7-15-32-22)23(19-11-4-6-13-21(19)27)24(30)28-18-9-2-3-10-18/h1,4-8,11-15,18,23H,2-3,9-10,16H2,(H,28,30)/t23-/m0/s1. The number of carbonyl (C=O) groups excluding carboxylic acids is 2. The quantitative estimate of drug-likeness (QED) is 0.511. The van der Waals surface area contributed by atoms with E-state index >= 15 is 0 Å². The molecule has 166 valence electrons. The van der Waals surface area contributed by atoms with E-state index in [1.807, 2.05) is 0 Å². The number of amides is 2. The van der Waals surface area contributed by atoms with Crippen LogP contribution in [0.15, 0.2) is 71.3 Å². The molecule has 1 N–H and O–H groups in total. The van der Waals surface area contributed by atoms with Crippen LogP contribution in [0.5, 0.6) is 0 Å². The molecular formula is C25H24ClFN2O3. The summed E-state index contributed by atoms with van der Waals surface area (Å²) >= 11 is 6.36. The van der Waals surface area contributed by atoms with Crippen LogP contribution in [-0.2, 0) is 11.3 Å². The second kappa shape index (κ2) is 10.0. The minimum absolute atomic E-state index is 0.0102. The fraction of sp³-hybridized carbons (Fsp3) is 0.280. The van der Waals surface area contributed by atoms with E-state index in [1.165, 1.54) is 29.4 Å². The Balaban J connectivity index is 1.77. The summed E-state index contributed by atoms with van der Waals surface area (Å²) in [6, 6.07) is 15.0. The molecule has 1 atom stereocenters. The average molecular weight is 455 g/mol. The van der Waals surface area contributed by atoms with Crippen molar-refractivity contribution in [1.29, 1.82) is 0 Å². The van der Waals surface area contributed by atoms with E-state index in [-0.39, 0.29) is 23.9 Å². The van der Waals surface area contributed by atoms with Gasteiger partial charge in [0.1, 0.15) is 11.9 Å². The predicted molar refractivity (Wildman–Crippen MR) is 120 cm³/mol. The van der Waals surface area contributed by atoms with Gasteiger partial charge in [0.2, 0.25) is 5.91 Å². The Labute approximate surface area is 191 Å². The molecule has 0 radical (unpaired) electrons. The molecule has 1 aliphatic rings. The van der Waals surface area contributed by atoms with E-state index in [9.17, 15) is 14.0 Å². The molecule has 0 spiro atoms. The van der Waals surface area contributed by atoms with Gasteiger partial charge < -0.3 is 14.6 Å². The number of nitrogens with zero attached hydrogens (tertiary/aromatic N) is 1. The highest BCUT2D eigenvalue weighted by atomic mass is 35.5. The number of nitrogens with one attached hydrogen (secondary N) is 1. The first kappa shape index (κ1) is 22.1. The van der Waals surface area contributed by atoms with Crippen LogP contribution in [0.4, 0.5) is 4.39 Å². The zero-order chi connectivity index (χ0) is 22.5. The van der Waals surface area contributed by atoms with Crippen LogP contribution in [0.25, 0.3) is 0 Å². The molecule has 2 amide bonds. The molecular weight excluding hydrogens is 431 g/mol. The molecule has 5 nitrogen and oxygen atoms in total. The summed E-state index contributed by atoms with van der Waals surface area (Å²) in [7, 11) is 0. The van der Waals surface area contributed by atoms with Crippen LogP contribution in [0, 0.1) is 5.82 Å². The minimum Gasteiger partial charge on any atom is -0.459 e. The largest absolute Gasteiger partial charge is 0.459 e. The van der Waals surface area contributed by atoms with E-state index in [0.717, 1.165) is 25.7 Å². The number of rotatable bonds is 7. The van der Waals surface area contributed by atoms with Gasteiger partial charge in [0.15, 0.2) is 5.76 Å². The number of carbonyl (C=O) groups is 2. The van der Waals surface area contributed by atoms with Gasteiger partial charge in [-0.3, -0.25) is 9.59 Å². The Hall–Kier alpha value is -3.12. The van der Waals surface area contributed by atoms with Gasteiger partial charge in [0.05, 0.1) is 6.26 Å². The van der Waals surface area contributed by atoms with Crippen LogP contribution >= 0.6 is 11.6 Å². The first-order valence-electron chi connectivity index (χ1n) is 10.7. The second-order valence-electron chi connectivity index (χ2n) is 7.92. The van der Waals surface area contributed by atoms with Crippen molar-refractivity contribution in [2.45, 2.75) is 44.3 Å². The molecule has 1 fully saturated rings. The highest BCUT2D eigenvalue weighted by molar-refractivity contribution is 6.31. The maximum atomic E-state index is 14.9. The third kappa shape index (κ3) is 4.86. The van der Waals surface area contributed by atoms with Crippen molar-refractivity contribution in [3.63, 3.8) is 0 Å². The number of halogens is 2. The molecule has 1 aromatic heterocycles. The first-order chi connectivity index (χ1) is 15.5. The Morgan fingerprint density at radius 1 is 1.06 bits per heavy atom. The van der Waals surface area contributed by atoms with E-state index in [1.54, 1.807) is 42.5 Å². The molecule has 32 heavy (non-hydrogen) atoms. The second-order valence-corrected chi connectivity index (χ2v) is 8.32. The van der Waals surface area contributed by atoms with Crippen molar-refractivity contribution in [1.82, 2.24) is 10.2 Å². The van der Waals surface area contributed by atoms with Gasteiger partial charge in [0.25, 0.3) is 5.91 Å². The summed E-state index contributed by atoms with van der Waals surface area (Å²) in [6.45, 7) is 0.0102. The summed E-state index contributed by atoms with van der Waals surface area (Å²) in [6.07, 6.45) is 5.18. The van der Waals surface area contributed by atoms with Crippen LogP contribution < -0.4 is 5.32 Å². The summed E-state index contributed by atoms with van der Waals surface area (Å²) in [5.41, 5.74) is 0.763. The molecule has 2 aromatic carbocycles. The lowest BCUT2D eigenvalue weighted by Crippen LogP contribution is -2.46. The Bertz CT molecular complexity index is 1080. The predicted octanol–water partition coefficient (Wildman–Crippen LogP) is 5.51. The molecule has 1 saturated carbocycles. The van der Waals surface area contributed by atoms with E-state index in [2.05, 4.69) is 5.32 Å². The fourth-order valence-corrected chi connectivity index (χ4v) is 4.33. The van der Waals surface area contributed by atoms with Crippen molar-refractivity contribution in [3.8, 4) is 0 Å². The minimum atomic E-state index is -1.19. The van der Waals surface area contributed by atoms with Gasteiger partial charge in [-0.15, -0.1) is 0 Å². The molecule has 0 saturated heterocycles. The molecule has 1 aliphatic carbocycles. The molecule has 0 aliphatic heterocycles. The van der Waals surface area contributed by atoms with Gasteiger partial charge in [-0.25, -0.2) is 4.39 Å². The van der Waals surface area contributed by atoms with Crippen LogP contribution in [0.1, 0.15) is 53.4 Å². The average Bonchev–Trinajstić information content (AvgIpc) is 3.50. The molecule has 4 rings (SSSR count). The van der Waals surface area contributed by atoms with Gasteiger partial charge in [-0.2, -0.15) is 0 Å². The lowest BCUT2D eigenvalue weighted by molar-refractivity contribution is -0.127. The monoisotopic (exact) mass is 454 g/mol. The highest BCUT2D eigenvalue weighted by Gasteiger charge is 2.36. The maximum Gasteiger partial charge on any atom is 0.290 e. The molecule has 7 heteroatoms. The fourth-order valence-electron chi connectivity index (χ4n) is 4.13. The SMILES string of the molecule is O=C(NC1CCCC1)[C@H](c1ccccc1F)N(Cc1ccccc1Cl)C(=O)c1ccco1. The maximum absolute atomic E-state index is 14.9. The van der Waals surface area contributed by atoms with Crippen molar-refractivity contribution in [2.75, 3.05) is 0 Å². The molecule has 1 heterocycles. The van der Waals surface area contributed by atoms with Crippen LogP contribution in [-0.4, -0.2) is 22.8 Å². The summed E-state index contributed by atoms with van der Waals surface area (Å²) in [4.78, 5) is 28.3. The lowest BCUT2D eigenvalue weighted by Gasteiger charge is -2.32. The van der Waals surface area contributed by atoms with Gasteiger partial charge >= 0.3 is 0 Å². The lowest BCUT2D eigenvalue weighted by atomic mass is 10.0. The molecule has 3 aromatic rings. The highest BCUT2D eigenvalue weighted by Crippen LogP contribution is 2.30. The zero-order valence-electron chi connectivity index (χ0n) is 17.5. The van der Waals surface area contributed by atoms with Crippen molar-refractivity contribution < 1.29 is 18.4 Å². The van der Waals surface area contributed by atoms with Gasteiger partial charge in [-0.1, -0.05) is 60.8 Å². The van der Waals surface area contributed by atoms with Crippen LogP contribution in [0.3, 0.4) is 0 Å². The number of hydrogen-bond donors (Lipinski definition) is 1. The van der Waals surface area contributed by atoms with Crippen molar-refractivity contribution >= 4 is 23.4 Å². The summed E-state index contributed by atoms with van der Waals surface area (Å²) in [5.74, 6) is -1.44. The van der Waals surface area contributed by atoms with Crippen LogP contribution in [0.2, 0.25) is 5.02 Å². The van der Waals surface area contributed by atoms with E-state index < -0.39 is 23.7 Å². The topological polar surface area (TPSA) is 62.6 Å². The van der Waals surface area contributed by atoms with Gasteiger partial charge in [0, 0.05) is 23.2 Å². The Kier molecular flexibility index (Phi) is 6.90. The van der Waals surface area contributed by atoms with Crippen molar-refractivity contribution in [2.24, 2.45) is 0 Å². The molecule has 0 unspecified atom stereocenters. The van der Waals surface area contributed by atoms with E-state index in [4.69, 9.17) is 16.0 Å². The van der Waals surface area contributed by atoms with Gasteiger partial charge in [-0.05, 0) is 42.7 Å². The smallest absolute Gasteiger partial charge is 0.290 e. The first-order valence-corrected chi connectivity index (χ1v) is 11.0. The Morgan fingerprint density at radius 3 is 2.47 bits per heavy atom. The zero-order valence-corrected chi connectivity index (χ0v) is 18.2. The third-order valence-electron chi connectivity index (χ3n) is 5.75.